The van der Waals surface area contributed by atoms with Gasteiger partial charge in [0, 0.05) is 50.2 Å². The van der Waals surface area contributed by atoms with Crippen LogP contribution >= 0.6 is 0 Å². The number of anilines is 1. The van der Waals surface area contributed by atoms with Crippen molar-refractivity contribution in [1.29, 1.82) is 0 Å². The number of nitrogens with zero attached hydrogens (tertiary/aromatic N) is 2. The van der Waals surface area contributed by atoms with Crippen molar-refractivity contribution in [2.45, 2.75) is 32.7 Å². The van der Waals surface area contributed by atoms with Crippen LogP contribution < -0.4 is 16.0 Å². The van der Waals surface area contributed by atoms with Gasteiger partial charge in [0.1, 0.15) is 0 Å². The summed E-state index contributed by atoms with van der Waals surface area (Å²) in [5, 5.41) is 9.76. The number of aromatic nitrogens is 1. The van der Waals surface area contributed by atoms with Crippen LogP contribution in [0.4, 0.5) is 10.5 Å². The molecule has 0 radical (unpaired) electrons. The van der Waals surface area contributed by atoms with E-state index in [0.29, 0.717) is 6.54 Å². The first-order valence-electron chi connectivity index (χ1n) is 9.42. The lowest BCUT2D eigenvalue weighted by Gasteiger charge is -2.32. The van der Waals surface area contributed by atoms with Gasteiger partial charge in [-0.25, -0.2) is 4.79 Å². The molecule has 7 nitrogen and oxygen atoms in total. The van der Waals surface area contributed by atoms with Crippen molar-refractivity contribution in [2.24, 2.45) is 0 Å². The van der Waals surface area contributed by atoms with Gasteiger partial charge in [0.15, 0.2) is 0 Å². The fourth-order valence-corrected chi connectivity index (χ4v) is 3.49. The summed E-state index contributed by atoms with van der Waals surface area (Å²) >= 11 is 0. The molecular formula is C20H27N5O2. The van der Waals surface area contributed by atoms with Gasteiger partial charge in [-0.1, -0.05) is 18.2 Å². The molecule has 1 aliphatic rings. The second-order valence-corrected chi connectivity index (χ2v) is 7.03. The molecule has 0 spiro atoms. The Labute approximate surface area is 159 Å². The molecule has 0 bridgehead atoms. The van der Waals surface area contributed by atoms with Gasteiger partial charge in [-0.3, -0.25) is 9.78 Å². The molecule has 1 fully saturated rings. The predicted molar refractivity (Wildman–Crippen MR) is 107 cm³/mol. The van der Waals surface area contributed by atoms with Crippen LogP contribution in [0.1, 0.15) is 25.5 Å². The normalized spacial score (nSPS) is 15.5. The number of aryl methyl sites for hydroxylation is 1. The second kappa shape index (κ2) is 8.81. The van der Waals surface area contributed by atoms with E-state index in [9.17, 15) is 9.59 Å². The Balaban J connectivity index is 1.45. The quantitative estimate of drug-likeness (QED) is 0.755. The number of rotatable bonds is 5. The first kappa shape index (κ1) is 19.1. The minimum absolute atomic E-state index is 0.0330. The Morgan fingerprint density at radius 1 is 1.22 bits per heavy atom. The number of para-hydroxylation sites is 1. The van der Waals surface area contributed by atoms with Crippen molar-refractivity contribution in [3.63, 3.8) is 0 Å². The van der Waals surface area contributed by atoms with E-state index < -0.39 is 0 Å². The molecule has 2 heterocycles. The highest BCUT2D eigenvalue weighted by molar-refractivity contribution is 6.00. The zero-order chi connectivity index (χ0) is 19.2. The van der Waals surface area contributed by atoms with Crippen molar-refractivity contribution in [3.05, 3.63) is 36.0 Å². The van der Waals surface area contributed by atoms with E-state index in [2.05, 4.69) is 25.8 Å². The number of hydrogen-bond donors (Lipinski definition) is 3. The minimum Gasteiger partial charge on any atom is -0.354 e. The number of nitrogens with one attached hydrogen (secondary N) is 3. The molecular weight excluding hydrogens is 342 g/mol. The molecule has 3 rings (SSSR count). The number of piperidine rings is 1. The summed E-state index contributed by atoms with van der Waals surface area (Å²) in [4.78, 5) is 30.2. The fourth-order valence-electron chi connectivity index (χ4n) is 3.49. The molecule has 7 heteroatoms. The molecule has 0 aliphatic carbocycles. The van der Waals surface area contributed by atoms with Crippen molar-refractivity contribution in [3.8, 4) is 0 Å². The van der Waals surface area contributed by atoms with Crippen LogP contribution in [-0.4, -0.2) is 54.0 Å². The molecule has 1 aromatic carbocycles. The Hall–Kier alpha value is -2.67. The monoisotopic (exact) mass is 369 g/mol. The van der Waals surface area contributed by atoms with Gasteiger partial charge in [-0.15, -0.1) is 0 Å². The van der Waals surface area contributed by atoms with Gasteiger partial charge >= 0.3 is 6.03 Å². The van der Waals surface area contributed by atoms with Crippen molar-refractivity contribution in [1.82, 2.24) is 20.5 Å². The molecule has 1 aliphatic heterocycles. The number of benzene rings is 1. The lowest BCUT2D eigenvalue weighted by atomic mass is 10.1. The highest BCUT2D eigenvalue weighted by Gasteiger charge is 2.19. The molecule has 3 N–H and O–H groups in total. The molecule has 3 amide bonds. The number of carbonyl (C=O) groups excluding carboxylic acids is 2. The topological polar surface area (TPSA) is 86.4 Å². The third kappa shape index (κ3) is 5.40. The number of pyridine rings is 1. The average Bonchev–Trinajstić information content (AvgIpc) is 2.62. The van der Waals surface area contributed by atoms with E-state index in [1.54, 1.807) is 6.92 Å². The summed E-state index contributed by atoms with van der Waals surface area (Å²) in [6, 6.07) is 9.72. The van der Waals surface area contributed by atoms with Crippen molar-refractivity contribution < 1.29 is 9.59 Å². The SMILES string of the molecule is CC(=O)NC1CCN(CCNC(=O)Nc2cc(C)nc3ccccc23)CC1. The predicted octanol–water partition coefficient (Wildman–Crippen LogP) is 2.27. The smallest absolute Gasteiger partial charge is 0.319 e. The summed E-state index contributed by atoms with van der Waals surface area (Å²) in [6.45, 7) is 6.72. The van der Waals surface area contributed by atoms with E-state index in [1.807, 2.05) is 37.3 Å². The van der Waals surface area contributed by atoms with Gasteiger partial charge in [0.25, 0.3) is 0 Å². The zero-order valence-corrected chi connectivity index (χ0v) is 15.9. The first-order chi connectivity index (χ1) is 13.0. The van der Waals surface area contributed by atoms with E-state index in [4.69, 9.17) is 0 Å². The summed E-state index contributed by atoms with van der Waals surface area (Å²) in [7, 11) is 0. The van der Waals surface area contributed by atoms with Gasteiger partial charge < -0.3 is 20.9 Å². The number of urea groups is 1. The van der Waals surface area contributed by atoms with E-state index >= 15 is 0 Å². The highest BCUT2D eigenvalue weighted by Crippen LogP contribution is 2.22. The maximum atomic E-state index is 12.3. The molecule has 27 heavy (non-hydrogen) atoms. The maximum absolute atomic E-state index is 12.3. The number of likely N-dealkylation sites (tertiary alicyclic amines) is 1. The van der Waals surface area contributed by atoms with E-state index in [-0.39, 0.29) is 18.0 Å². The number of hydrogen-bond acceptors (Lipinski definition) is 4. The van der Waals surface area contributed by atoms with Gasteiger partial charge in [-0.05, 0) is 31.9 Å². The van der Waals surface area contributed by atoms with Crippen LogP contribution in [0.5, 0.6) is 0 Å². The molecule has 144 valence electrons. The standard InChI is InChI=1S/C20H27N5O2/c1-14-13-19(17-5-3-4-6-18(17)22-14)24-20(27)21-9-12-25-10-7-16(8-11-25)23-15(2)26/h3-6,13,16H,7-12H2,1-2H3,(H,23,26)(H2,21,22,24,27). The van der Waals surface area contributed by atoms with E-state index in [0.717, 1.165) is 54.8 Å². The minimum atomic E-state index is -0.209. The van der Waals surface area contributed by atoms with Crippen molar-refractivity contribution in [2.75, 3.05) is 31.5 Å². The van der Waals surface area contributed by atoms with Gasteiger partial charge in [-0.2, -0.15) is 0 Å². The maximum Gasteiger partial charge on any atom is 0.319 e. The zero-order valence-electron chi connectivity index (χ0n) is 15.9. The molecule has 0 atom stereocenters. The van der Waals surface area contributed by atoms with Crippen LogP contribution in [0, 0.1) is 6.92 Å². The third-order valence-electron chi connectivity index (χ3n) is 4.80. The molecule has 2 aromatic rings. The summed E-state index contributed by atoms with van der Waals surface area (Å²) in [5.74, 6) is 0.0330. The lowest BCUT2D eigenvalue weighted by molar-refractivity contribution is -0.119. The molecule has 1 aromatic heterocycles. The highest BCUT2D eigenvalue weighted by atomic mass is 16.2. The Morgan fingerprint density at radius 2 is 1.96 bits per heavy atom. The summed E-state index contributed by atoms with van der Waals surface area (Å²) in [5.41, 5.74) is 2.51. The number of amides is 3. The van der Waals surface area contributed by atoms with Crippen LogP contribution in [0.25, 0.3) is 10.9 Å². The Kier molecular flexibility index (Phi) is 6.24. The number of fused-ring (bicyclic) bond motifs is 1. The van der Waals surface area contributed by atoms with Crippen LogP contribution in [0.15, 0.2) is 30.3 Å². The summed E-state index contributed by atoms with van der Waals surface area (Å²) in [6.07, 6.45) is 1.90. The fraction of sp³-hybridized carbons (Fsp3) is 0.450. The van der Waals surface area contributed by atoms with Crippen LogP contribution in [0.2, 0.25) is 0 Å². The van der Waals surface area contributed by atoms with Crippen molar-refractivity contribution >= 4 is 28.5 Å². The van der Waals surface area contributed by atoms with Gasteiger partial charge in [0.05, 0.1) is 11.2 Å². The Morgan fingerprint density at radius 3 is 2.70 bits per heavy atom. The molecule has 0 unspecified atom stereocenters. The lowest BCUT2D eigenvalue weighted by Crippen LogP contribution is -2.46. The summed E-state index contributed by atoms with van der Waals surface area (Å²) < 4.78 is 0. The number of carbonyl (C=O) groups is 2. The molecule has 0 saturated carbocycles. The largest absolute Gasteiger partial charge is 0.354 e. The van der Waals surface area contributed by atoms with Crippen LogP contribution in [-0.2, 0) is 4.79 Å². The first-order valence-corrected chi connectivity index (χ1v) is 9.42. The molecule has 1 saturated heterocycles. The Bertz CT molecular complexity index is 815. The van der Waals surface area contributed by atoms with Crippen LogP contribution in [0.3, 0.4) is 0 Å². The average molecular weight is 369 g/mol. The van der Waals surface area contributed by atoms with Gasteiger partial charge in [0.2, 0.25) is 5.91 Å². The third-order valence-corrected chi connectivity index (χ3v) is 4.80. The van der Waals surface area contributed by atoms with E-state index in [1.165, 1.54) is 0 Å². The second-order valence-electron chi connectivity index (χ2n) is 7.03.